The SMILES string of the molecule is CCCN1C(=O)[C@@H]2[C@@H](CC(COc3ccccc3)=C3[C@@H](CC/C(=C/c4cc(Br)ccc4O)c4ccccc4)OB(O)C[C@@H]32)C1=O. The van der Waals surface area contributed by atoms with Gasteiger partial charge in [-0.05, 0) is 96.6 Å². The minimum absolute atomic E-state index is 0.122. The number of likely N-dealkylation sites (tertiary alicyclic amines) is 1. The first-order chi connectivity index (χ1) is 21.8. The van der Waals surface area contributed by atoms with E-state index in [9.17, 15) is 19.7 Å². The van der Waals surface area contributed by atoms with Gasteiger partial charge in [-0.25, -0.2) is 0 Å². The number of ether oxygens (including phenoxy) is 1. The lowest BCUT2D eigenvalue weighted by atomic mass is 9.58. The van der Waals surface area contributed by atoms with E-state index in [4.69, 9.17) is 9.39 Å². The Balaban J connectivity index is 1.36. The van der Waals surface area contributed by atoms with Crippen molar-refractivity contribution in [1.82, 2.24) is 4.90 Å². The first-order valence-electron chi connectivity index (χ1n) is 15.7. The van der Waals surface area contributed by atoms with Gasteiger partial charge in [-0.3, -0.25) is 14.5 Å². The lowest BCUT2D eigenvalue weighted by molar-refractivity contribution is -0.140. The second-order valence-electron chi connectivity index (χ2n) is 12.0. The van der Waals surface area contributed by atoms with Crippen molar-refractivity contribution in [3.63, 3.8) is 0 Å². The number of rotatable bonds is 10. The average Bonchev–Trinajstić information content (AvgIpc) is 3.28. The van der Waals surface area contributed by atoms with Crippen LogP contribution >= 0.6 is 15.9 Å². The Morgan fingerprint density at radius 2 is 1.78 bits per heavy atom. The van der Waals surface area contributed by atoms with Gasteiger partial charge < -0.3 is 19.5 Å². The van der Waals surface area contributed by atoms with Crippen molar-refractivity contribution in [3.05, 3.63) is 106 Å². The van der Waals surface area contributed by atoms with E-state index in [0.717, 1.165) is 32.5 Å². The molecule has 3 aliphatic rings. The zero-order valence-electron chi connectivity index (χ0n) is 25.3. The van der Waals surface area contributed by atoms with Crippen LogP contribution in [0.3, 0.4) is 0 Å². The molecular formula is C36H37BBrNO6. The highest BCUT2D eigenvalue weighted by Crippen LogP contribution is 2.51. The van der Waals surface area contributed by atoms with Crippen LogP contribution in [-0.4, -0.2) is 53.2 Å². The van der Waals surface area contributed by atoms with Crippen molar-refractivity contribution in [2.45, 2.75) is 45.0 Å². The predicted molar refractivity (Wildman–Crippen MR) is 178 cm³/mol. The molecule has 3 aromatic carbocycles. The molecule has 2 aliphatic heterocycles. The quantitative estimate of drug-likeness (QED) is 0.107. The predicted octanol–water partition coefficient (Wildman–Crippen LogP) is 6.76. The van der Waals surface area contributed by atoms with Crippen molar-refractivity contribution < 1.29 is 29.1 Å². The zero-order chi connectivity index (χ0) is 31.5. The Morgan fingerprint density at radius 1 is 1.04 bits per heavy atom. The van der Waals surface area contributed by atoms with Crippen molar-refractivity contribution in [1.29, 1.82) is 0 Å². The number of carbonyl (C=O) groups excluding carboxylic acids is 2. The van der Waals surface area contributed by atoms with Gasteiger partial charge in [-0.15, -0.1) is 0 Å². The second-order valence-corrected chi connectivity index (χ2v) is 12.9. The Labute approximate surface area is 272 Å². The lowest BCUT2D eigenvalue weighted by Gasteiger charge is -2.43. The molecule has 0 spiro atoms. The summed E-state index contributed by atoms with van der Waals surface area (Å²) >= 11 is 3.51. The first kappa shape index (κ1) is 31.3. The van der Waals surface area contributed by atoms with E-state index in [1.54, 1.807) is 12.1 Å². The molecule has 0 unspecified atom stereocenters. The van der Waals surface area contributed by atoms with Gasteiger partial charge in [0.15, 0.2) is 0 Å². The average molecular weight is 670 g/mol. The summed E-state index contributed by atoms with van der Waals surface area (Å²) < 4.78 is 13.3. The fraction of sp³-hybridized carbons (Fsp3) is 0.333. The van der Waals surface area contributed by atoms with Gasteiger partial charge in [0.25, 0.3) is 0 Å². The number of benzene rings is 3. The summed E-state index contributed by atoms with van der Waals surface area (Å²) in [4.78, 5) is 28.6. The number of hydrogen-bond acceptors (Lipinski definition) is 6. The number of imide groups is 1. The number of fused-ring (bicyclic) bond motifs is 3. The molecule has 2 amide bonds. The first-order valence-corrected chi connectivity index (χ1v) is 16.5. The van der Waals surface area contributed by atoms with E-state index in [2.05, 4.69) is 15.9 Å². The molecule has 2 fully saturated rings. The maximum atomic E-state index is 13.7. The Morgan fingerprint density at radius 3 is 2.51 bits per heavy atom. The molecule has 45 heavy (non-hydrogen) atoms. The zero-order valence-corrected chi connectivity index (χ0v) is 26.9. The monoisotopic (exact) mass is 669 g/mol. The standard InChI is InChI=1S/C36H37BBrNO6/c1-2-17-39-35(41)29-20-26(22-44-28-11-7-4-8-12-28)33-30(34(29)36(39)42)21-37(43)45-32(33)16-13-24(23-9-5-3-6-10-23)18-25-19-27(38)14-15-31(25)40/h3-12,14-15,18-19,29-30,32,34,40,43H,2,13,16-17,20-22H2,1H3/b24-18-/t29-,30+,32-,34-/m1/s1. The minimum Gasteiger partial charge on any atom is -0.507 e. The van der Waals surface area contributed by atoms with Crippen LogP contribution in [0.4, 0.5) is 0 Å². The molecule has 0 aromatic heterocycles. The highest BCUT2D eigenvalue weighted by Gasteiger charge is 2.57. The molecule has 6 rings (SSSR count). The van der Waals surface area contributed by atoms with E-state index in [1.165, 1.54) is 4.90 Å². The highest BCUT2D eigenvalue weighted by atomic mass is 79.9. The highest BCUT2D eigenvalue weighted by molar-refractivity contribution is 9.10. The van der Waals surface area contributed by atoms with E-state index in [-0.39, 0.29) is 36.4 Å². The summed E-state index contributed by atoms with van der Waals surface area (Å²) in [6, 6.07) is 24.9. The fourth-order valence-corrected chi connectivity index (χ4v) is 7.54. The Kier molecular flexibility index (Phi) is 9.59. The van der Waals surface area contributed by atoms with Crippen molar-refractivity contribution in [3.8, 4) is 11.5 Å². The molecule has 2 heterocycles. The molecule has 0 radical (unpaired) electrons. The number of hydrogen-bond donors (Lipinski definition) is 2. The summed E-state index contributed by atoms with van der Waals surface area (Å²) in [5, 5.41) is 21.6. The molecule has 0 saturated carbocycles. The number of aromatic hydroxyl groups is 1. The summed E-state index contributed by atoms with van der Waals surface area (Å²) in [6.07, 6.45) is 4.01. The summed E-state index contributed by atoms with van der Waals surface area (Å²) in [5.74, 6) is -0.645. The van der Waals surface area contributed by atoms with Crippen LogP contribution in [0.5, 0.6) is 11.5 Å². The van der Waals surface area contributed by atoms with Gasteiger partial charge in [-0.2, -0.15) is 0 Å². The summed E-state index contributed by atoms with van der Waals surface area (Å²) in [5.41, 5.74) is 4.66. The van der Waals surface area contributed by atoms with Crippen LogP contribution in [0, 0.1) is 17.8 Å². The molecule has 7 nitrogen and oxygen atoms in total. The number of halogens is 1. The smallest absolute Gasteiger partial charge is 0.455 e. The minimum atomic E-state index is -1.06. The van der Waals surface area contributed by atoms with Gasteiger partial charge >= 0.3 is 7.12 Å². The van der Waals surface area contributed by atoms with E-state index in [0.29, 0.717) is 37.8 Å². The van der Waals surface area contributed by atoms with Crippen molar-refractivity contribution in [2.75, 3.05) is 13.2 Å². The van der Waals surface area contributed by atoms with Gasteiger partial charge in [0.1, 0.15) is 18.1 Å². The molecule has 3 aromatic rings. The van der Waals surface area contributed by atoms with Crippen LogP contribution in [0.25, 0.3) is 11.6 Å². The lowest BCUT2D eigenvalue weighted by Crippen LogP contribution is -2.46. The number of allylic oxidation sites excluding steroid dienone is 1. The van der Waals surface area contributed by atoms with Crippen molar-refractivity contribution in [2.24, 2.45) is 17.8 Å². The Hall–Kier alpha value is -3.66. The van der Waals surface area contributed by atoms with E-state index in [1.807, 2.05) is 79.7 Å². The summed E-state index contributed by atoms with van der Waals surface area (Å²) in [7, 11) is -1.06. The molecule has 2 saturated heterocycles. The Bertz CT molecular complexity index is 1610. The third kappa shape index (κ3) is 6.66. The van der Waals surface area contributed by atoms with Gasteiger partial charge in [0, 0.05) is 16.6 Å². The maximum Gasteiger partial charge on any atom is 0.455 e. The van der Waals surface area contributed by atoms with Gasteiger partial charge in [0.2, 0.25) is 11.8 Å². The van der Waals surface area contributed by atoms with E-state index >= 15 is 0 Å². The number of para-hydroxylation sites is 1. The molecule has 1 aliphatic carbocycles. The fourth-order valence-electron chi connectivity index (χ4n) is 7.16. The third-order valence-electron chi connectivity index (χ3n) is 9.14. The summed E-state index contributed by atoms with van der Waals surface area (Å²) in [6.45, 7) is 2.64. The van der Waals surface area contributed by atoms with Crippen LogP contribution in [0.1, 0.15) is 43.7 Å². The van der Waals surface area contributed by atoms with Crippen LogP contribution < -0.4 is 4.74 Å². The second kappa shape index (κ2) is 13.8. The third-order valence-corrected chi connectivity index (χ3v) is 9.64. The number of nitrogens with zero attached hydrogens (tertiary/aromatic N) is 1. The largest absolute Gasteiger partial charge is 0.507 e. The van der Waals surface area contributed by atoms with Crippen LogP contribution in [0.15, 0.2) is 94.5 Å². The van der Waals surface area contributed by atoms with Crippen LogP contribution in [-0.2, 0) is 14.2 Å². The molecule has 0 bridgehead atoms. The molecular weight excluding hydrogens is 633 g/mol. The van der Waals surface area contributed by atoms with Crippen molar-refractivity contribution >= 4 is 46.5 Å². The number of carbonyl (C=O) groups is 2. The molecule has 4 atom stereocenters. The molecule has 9 heteroatoms. The molecule has 2 N–H and O–H groups in total. The van der Waals surface area contributed by atoms with E-state index < -0.39 is 25.1 Å². The topological polar surface area (TPSA) is 96.3 Å². The van der Waals surface area contributed by atoms with Gasteiger partial charge in [-0.1, -0.05) is 71.4 Å². The number of phenols is 1. The number of amides is 2. The number of phenolic OH excluding ortho intramolecular Hbond substituents is 1. The normalized spacial score (nSPS) is 23.3. The van der Waals surface area contributed by atoms with Crippen LogP contribution in [0.2, 0.25) is 6.32 Å². The molecule has 232 valence electrons. The van der Waals surface area contributed by atoms with Gasteiger partial charge in [0.05, 0.1) is 17.9 Å². The maximum absolute atomic E-state index is 13.7.